The van der Waals surface area contributed by atoms with Gasteiger partial charge < -0.3 is 4.90 Å². The maximum atomic E-state index is 12.5. The number of carbonyl (C=O) groups is 3. The molecule has 1 fully saturated rings. The minimum atomic E-state index is -0.962. The van der Waals surface area contributed by atoms with Crippen molar-refractivity contribution in [2.24, 2.45) is 0 Å². The number of imide groups is 1. The second-order valence-electron chi connectivity index (χ2n) is 5.34. The van der Waals surface area contributed by atoms with Gasteiger partial charge in [-0.2, -0.15) is 0 Å². The number of nitrogens with zero attached hydrogens (tertiary/aromatic N) is 1. The van der Waals surface area contributed by atoms with Crippen molar-refractivity contribution in [3.05, 3.63) is 33.8 Å². The molecule has 0 radical (unpaired) electrons. The molecule has 0 saturated carbocycles. The molecular formula is C14H13BrN2O3. The van der Waals surface area contributed by atoms with Gasteiger partial charge in [-0.05, 0) is 37.1 Å². The zero-order valence-electron chi connectivity index (χ0n) is 10.9. The molecule has 1 N–H and O–H groups in total. The minimum Gasteiger partial charge on any atom is -0.320 e. The van der Waals surface area contributed by atoms with Gasteiger partial charge in [-0.25, -0.2) is 0 Å². The number of piperidine rings is 1. The van der Waals surface area contributed by atoms with E-state index in [-0.39, 0.29) is 18.2 Å². The quantitative estimate of drug-likeness (QED) is 0.792. The molecule has 1 saturated heterocycles. The molecule has 3 amide bonds. The average Bonchev–Trinajstić information content (AvgIpc) is 2.72. The van der Waals surface area contributed by atoms with Crippen molar-refractivity contribution in [3.63, 3.8) is 0 Å². The van der Waals surface area contributed by atoms with Gasteiger partial charge in [0, 0.05) is 23.0 Å². The normalized spacial score (nSPS) is 25.7. The molecule has 1 aromatic carbocycles. The lowest BCUT2D eigenvalue weighted by Crippen LogP contribution is -2.61. The number of carbonyl (C=O) groups excluding carboxylic acids is 3. The molecule has 0 bridgehead atoms. The molecule has 1 unspecified atom stereocenters. The van der Waals surface area contributed by atoms with Crippen LogP contribution in [0.4, 0.5) is 0 Å². The SMILES string of the molecule is CC1(N2Cc3cc(Br)ccc3C2=O)CCC(=O)NC1=O. The first-order valence-electron chi connectivity index (χ1n) is 6.36. The lowest BCUT2D eigenvalue weighted by Gasteiger charge is -2.39. The summed E-state index contributed by atoms with van der Waals surface area (Å²) in [5, 5.41) is 2.32. The molecule has 3 rings (SSSR count). The molecule has 0 spiro atoms. The van der Waals surface area contributed by atoms with Crippen molar-refractivity contribution in [1.29, 1.82) is 0 Å². The number of hydrogen-bond donors (Lipinski definition) is 1. The second-order valence-corrected chi connectivity index (χ2v) is 6.26. The summed E-state index contributed by atoms with van der Waals surface area (Å²) in [4.78, 5) is 37.5. The van der Waals surface area contributed by atoms with Crippen LogP contribution in [0.15, 0.2) is 22.7 Å². The highest BCUT2D eigenvalue weighted by molar-refractivity contribution is 9.10. The summed E-state index contributed by atoms with van der Waals surface area (Å²) in [6.45, 7) is 2.11. The molecule has 20 heavy (non-hydrogen) atoms. The van der Waals surface area contributed by atoms with Crippen LogP contribution in [-0.4, -0.2) is 28.2 Å². The van der Waals surface area contributed by atoms with Crippen molar-refractivity contribution in [1.82, 2.24) is 10.2 Å². The van der Waals surface area contributed by atoms with E-state index in [1.54, 1.807) is 17.9 Å². The highest BCUT2D eigenvalue weighted by Gasteiger charge is 2.48. The van der Waals surface area contributed by atoms with E-state index in [0.717, 1.165) is 10.0 Å². The number of fused-ring (bicyclic) bond motifs is 1. The predicted octanol–water partition coefficient (Wildman–Crippen LogP) is 1.60. The van der Waals surface area contributed by atoms with Crippen LogP contribution in [0.25, 0.3) is 0 Å². The van der Waals surface area contributed by atoms with Gasteiger partial charge in [-0.1, -0.05) is 15.9 Å². The first kappa shape index (κ1) is 13.3. The van der Waals surface area contributed by atoms with Crippen molar-refractivity contribution >= 4 is 33.7 Å². The fourth-order valence-electron chi connectivity index (χ4n) is 2.74. The Morgan fingerprint density at radius 1 is 1.30 bits per heavy atom. The van der Waals surface area contributed by atoms with Crippen LogP contribution in [0, 0.1) is 0 Å². The fraction of sp³-hybridized carbons (Fsp3) is 0.357. The molecule has 2 heterocycles. The van der Waals surface area contributed by atoms with E-state index in [9.17, 15) is 14.4 Å². The molecule has 104 valence electrons. The minimum absolute atomic E-state index is 0.153. The summed E-state index contributed by atoms with van der Waals surface area (Å²) in [5.74, 6) is -0.826. The van der Waals surface area contributed by atoms with E-state index in [1.807, 2.05) is 12.1 Å². The van der Waals surface area contributed by atoms with E-state index in [0.29, 0.717) is 18.5 Å². The smallest absolute Gasteiger partial charge is 0.255 e. The van der Waals surface area contributed by atoms with Crippen LogP contribution in [0.2, 0.25) is 0 Å². The largest absolute Gasteiger partial charge is 0.320 e. The Morgan fingerprint density at radius 3 is 2.75 bits per heavy atom. The van der Waals surface area contributed by atoms with Crippen LogP contribution in [0.1, 0.15) is 35.7 Å². The highest BCUT2D eigenvalue weighted by atomic mass is 79.9. The standard InChI is InChI=1S/C14H13BrN2O3/c1-14(5-4-11(18)16-13(14)20)17-7-8-6-9(15)2-3-10(8)12(17)19/h2-3,6H,4-5,7H2,1H3,(H,16,18,20). The third-order valence-electron chi connectivity index (χ3n) is 4.05. The molecule has 0 aliphatic carbocycles. The van der Waals surface area contributed by atoms with Gasteiger partial charge in [0.05, 0.1) is 0 Å². The van der Waals surface area contributed by atoms with E-state index in [1.165, 1.54) is 0 Å². The molecule has 5 nitrogen and oxygen atoms in total. The molecule has 1 atom stereocenters. The average molecular weight is 337 g/mol. The second kappa shape index (κ2) is 4.41. The zero-order chi connectivity index (χ0) is 14.5. The lowest BCUT2D eigenvalue weighted by atomic mass is 9.89. The Morgan fingerprint density at radius 2 is 2.05 bits per heavy atom. The number of amides is 3. The third kappa shape index (κ3) is 1.86. The van der Waals surface area contributed by atoms with Crippen molar-refractivity contribution < 1.29 is 14.4 Å². The number of nitrogens with one attached hydrogen (secondary N) is 1. The van der Waals surface area contributed by atoms with E-state index >= 15 is 0 Å². The molecular weight excluding hydrogens is 324 g/mol. The Bertz CT molecular complexity index is 643. The first-order chi connectivity index (χ1) is 9.41. The summed E-state index contributed by atoms with van der Waals surface area (Å²) in [5.41, 5.74) is 0.561. The Hall–Kier alpha value is -1.69. The highest BCUT2D eigenvalue weighted by Crippen LogP contribution is 2.34. The number of benzene rings is 1. The maximum Gasteiger partial charge on any atom is 0.255 e. The van der Waals surface area contributed by atoms with Crippen LogP contribution >= 0.6 is 15.9 Å². The Balaban J connectivity index is 1.95. The Kier molecular flexibility index (Phi) is 2.93. The predicted molar refractivity (Wildman–Crippen MR) is 74.8 cm³/mol. The van der Waals surface area contributed by atoms with Crippen molar-refractivity contribution in [3.8, 4) is 0 Å². The Labute approximate surface area is 124 Å². The lowest BCUT2D eigenvalue weighted by molar-refractivity contribution is -0.142. The summed E-state index contributed by atoms with van der Waals surface area (Å²) >= 11 is 3.38. The van der Waals surface area contributed by atoms with Gasteiger partial charge in [0.1, 0.15) is 5.54 Å². The number of hydrogen-bond acceptors (Lipinski definition) is 3. The van der Waals surface area contributed by atoms with E-state index in [4.69, 9.17) is 0 Å². The van der Waals surface area contributed by atoms with Crippen LogP contribution in [0.3, 0.4) is 0 Å². The van der Waals surface area contributed by atoms with Crippen molar-refractivity contribution in [2.75, 3.05) is 0 Å². The summed E-state index contributed by atoms with van der Waals surface area (Å²) in [6, 6.07) is 5.46. The van der Waals surface area contributed by atoms with Gasteiger partial charge in [0.25, 0.3) is 11.8 Å². The van der Waals surface area contributed by atoms with Gasteiger partial charge in [-0.15, -0.1) is 0 Å². The fourth-order valence-corrected chi connectivity index (χ4v) is 3.15. The van der Waals surface area contributed by atoms with Gasteiger partial charge in [-0.3, -0.25) is 19.7 Å². The van der Waals surface area contributed by atoms with Crippen LogP contribution in [0.5, 0.6) is 0 Å². The first-order valence-corrected chi connectivity index (χ1v) is 7.16. The summed E-state index contributed by atoms with van der Waals surface area (Å²) in [6.07, 6.45) is 0.616. The number of rotatable bonds is 1. The molecule has 6 heteroatoms. The third-order valence-corrected chi connectivity index (χ3v) is 4.54. The topological polar surface area (TPSA) is 66.5 Å². The summed E-state index contributed by atoms with van der Waals surface area (Å²) in [7, 11) is 0. The van der Waals surface area contributed by atoms with E-state index in [2.05, 4.69) is 21.2 Å². The monoisotopic (exact) mass is 336 g/mol. The van der Waals surface area contributed by atoms with Gasteiger partial charge in [0.15, 0.2) is 0 Å². The zero-order valence-corrected chi connectivity index (χ0v) is 12.5. The summed E-state index contributed by atoms with van der Waals surface area (Å²) < 4.78 is 0.902. The molecule has 0 aromatic heterocycles. The van der Waals surface area contributed by atoms with Gasteiger partial charge >= 0.3 is 0 Å². The molecule has 2 aliphatic heterocycles. The van der Waals surface area contributed by atoms with Crippen molar-refractivity contribution in [2.45, 2.75) is 31.8 Å². The molecule has 2 aliphatic rings. The number of halogens is 1. The van der Waals surface area contributed by atoms with E-state index < -0.39 is 11.4 Å². The maximum absolute atomic E-state index is 12.5. The van der Waals surface area contributed by atoms with Gasteiger partial charge in [0.2, 0.25) is 5.91 Å². The van der Waals surface area contributed by atoms with Crippen LogP contribution in [-0.2, 0) is 16.1 Å². The van der Waals surface area contributed by atoms with Crippen LogP contribution < -0.4 is 5.32 Å². The molecule has 1 aromatic rings.